The maximum absolute atomic E-state index is 6.05. The first-order valence-electron chi connectivity index (χ1n) is 6.80. The number of hydrogen-bond acceptors (Lipinski definition) is 4. The second-order valence-electron chi connectivity index (χ2n) is 5.29. The summed E-state index contributed by atoms with van der Waals surface area (Å²) in [4.78, 5) is 13.6. The molecule has 1 aliphatic carbocycles. The van der Waals surface area contributed by atoms with Crippen LogP contribution >= 0.6 is 0 Å². The van der Waals surface area contributed by atoms with Crippen LogP contribution in [0.1, 0.15) is 30.1 Å². The van der Waals surface area contributed by atoms with Crippen LogP contribution in [0.15, 0.2) is 30.6 Å². The van der Waals surface area contributed by atoms with E-state index in [1.807, 2.05) is 35.8 Å². The molecule has 3 aromatic rings. The molecule has 1 aromatic carbocycles. The zero-order valence-electron chi connectivity index (χ0n) is 11.2. The summed E-state index contributed by atoms with van der Waals surface area (Å²) < 4.78 is 1.99. The molecular formula is C15H15N5. The monoisotopic (exact) mass is 265 g/mol. The number of para-hydroxylation sites is 2. The number of nitrogens with two attached hydrogens (primary N) is 1. The van der Waals surface area contributed by atoms with Gasteiger partial charge in [0, 0.05) is 11.5 Å². The van der Waals surface area contributed by atoms with Crippen LogP contribution in [0.4, 0.5) is 5.82 Å². The van der Waals surface area contributed by atoms with Crippen molar-refractivity contribution in [3.8, 4) is 5.82 Å². The van der Waals surface area contributed by atoms with Crippen LogP contribution in [-0.2, 0) is 0 Å². The third-order valence-electron chi connectivity index (χ3n) is 3.80. The Hall–Kier alpha value is -2.43. The Kier molecular flexibility index (Phi) is 2.30. The molecule has 5 heteroatoms. The standard InChI is InChI=1S/C15H15N5/c1-9-13(16)18-14(10-6-7-10)19-15(9)20-8-17-11-4-2-3-5-12(11)20/h2-5,8,10H,6-7H2,1H3,(H2,16,18,19). The number of nitrogen functional groups attached to an aromatic ring is 1. The average molecular weight is 265 g/mol. The van der Waals surface area contributed by atoms with Gasteiger partial charge in [-0.1, -0.05) is 12.1 Å². The SMILES string of the molecule is Cc1c(N)nc(C2CC2)nc1-n1cnc2ccccc21. The van der Waals surface area contributed by atoms with Gasteiger partial charge in [0.05, 0.1) is 11.0 Å². The van der Waals surface area contributed by atoms with E-state index in [9.17, 15) is 0 Å². The minimum absolute atomic E-state index is 0.478. The van der Waals surface area contributed by atoms with Crippen LogP contribution in [0.5, 0.6) is 0 Å². The lowest BCUT2D eigenvalue weighted by molar-refractivity contribution is 0.880. The van der Waals surface area contributed by atoms with Gasteiger partial charge in [-0.3, -0.25) is 4.57 Å². The maximum Gasteiger partial charge on any atom is 0.147 e. The van der Waals surface area contributed by atoms with Crippen LogP contribution in [0.2, 0.25) is 0 Å². The predicted molar refractivity (Wildman–Crippen MR) is 77.8 cm³/mol. The highest BCUT2D eigenvalue weighted by Crippen LogP contribution is 2.39. The topological polar surface area (TPSA) is 69.6 Å². The van der Waals surface area contributed by atoms with Crippen LogP contribution in [0.3, 0.4) is 0 Å². The zero-order valence-corrected chi connectivity index (χ0v) is 11.2. The minimum atomic E-state index is 0.478. The minimum Gasteiger partial charge on any atom is -0.383 e. The van der Waals surface area contributed by atoms with Gasteiger partial charge in [-0.05, 0) is 31.9 Å². The van der Waals surface area contributed by atoms with Gasteiger partial charge < -0.3 is 5.73 Å². The molecule has 0 spiro atoms. The third-order valence-corrected chi connectivity index (χ3v) is 3.80. The molecule has 1 fully saturated rings. The number of benzene rings is 1. The van der Waals surface area contributed by atoms with Gasteiger partial charge in [0.15, 0.2) is 0 Å². The van der Waals surface area contributed by atoms with E-state index in [1.54, 1.807) is 6.33 Å². The molecule has 2 N–H and O–H groups in total. The Balaban J connectivity index is 1.97. The Morgan fingerprint density at radius 2 is 2.00 bits per heavy atom. The Morgan fingerprint density at radius 3 is 2.80 bits per heavy atom. The second kappa shape index (κ2) is 4.03. The second-order valence-corrected chi connectivity index (χ2v) is 5.29. The van der Waals surface area contributed by atoms with E-state index in [2.05, 4.69) is 9.97 Å². The lowest BCUT2D eigenvalue weighted by Gasteiger charge is -2.11. The molecule has 2 aromatic heterocycles. The van der Waals surface area contributed by atoms with Crippen molar-refractivity contribution in [3.63, 3.8) is 0 Å². The van der Waals surface area contributed by atoms with E-state index in [1.165, 1.54) is 0 Å². The highest BCUT2D eigenvalue weighted by molar-refractivity contribution is 5.77. The van der Waals surface area contributed by atoms with E-state index >= 15 is 0 Å². The molecule has 1 aliphatic rings. The number of imidazole rings is 1. The van der Waals surface area contributed by atoms with Crippen molar-refractivity contribution in [1.29, 1.82) is 0 Å². The molecule has 0 bridgehead atoms. The number of hydrogen-bond donors (Lipinski definition) is 1. The normalized spacial score (nSPS) is 14.8. The molecule has 2 heterocycles. The Morgan fingerprint density at radius 1 is 1.20 bits per heavy atom. The molecule has 4 rings (SSSR count). The molecule has 20 heavy (non-hydrogen) atoms. The summed E-state index contributed by atoms with van der Waals surface area (Å²) in [6, 6.07) is 8.02. The highest BCUT2D eigenvalue weighted by atomic mass is 15.1. The number of anilines is 1. The van der Waals surface area contributed by atoms with Crippen molar-refractivity contribution in [1.82, 2.24) is 19.5 Å². The third kappa shape index (κ3) is 1.66. The highest BCUT2D eigenvalue weighted by Gasteiger charge is 2.28. The first kappa shape index (κ1) is 11.4. The number of rotatable bonds is 2. The summed E-state index contributed by atoms with van der Waals surface area (Å²) >= 11 is 0. The summed E-state index contributed by atoms with van der Waals surface area (Å²) in [6.45, 7) is 1.95. The predicted octanol–water partition coefficient (Wildman–Crippen LogP) is 2.58. The van der Waals surface area contributed by atoms with Crippen LogP contribution < -0.4 is 5.73 Å². The molecule has 0 saturated heterocycles. The summed E-state index contributed by atoms with van der Waals surface area (Å²) in [5.41, 5.74) is 8.95. The fourth-order valence-electron chi connectivity index (χ4n) is 2.43. The van der Waals surface area contributed by atoms with Gasteiger partial charge in [0.25, 0.3) is 0 Å². The zero-order chi connectivity index (χ0) is 13.7. The molecule has 1 saturated carbocycles. The van der Waals surface area contributed by atoms with Gasteiger partial charge in [-0.25, -0.2) is 15.0 Å². The molecular weight excluding hydrogens is 250 g/mol. The largest absolute Gasteiger partial charge is 0.383 e. The molecule has 0 unspecified atom stereocenters. The van der Waals surface area contributed by atoms with Crippen molar-refractivity contribution in [2.75, 3.05) is 5.73 Å². The molecule has 0 amide bonds. The van der Waals surface area contributed by atoms with Crippen molar-refractivity contribution in [3.05, 3.63) is 42.0 Å². The summed E-state index contributed by atoms with van der Waals surface area (Å²) in [7, 11) is 0. The van der Waals surface area contributed by atoms with Crippen LogP contribution in [-0.4, -0.2) is 19.5 Å². The number of aromatic nitrogens is 4. The fraction of sp³-hybridized carbons (Fsp3) is 0.267. The summed E-state index contributed by atoms with van der Waals surface area (Å²) in [6.07, 6.45) is 4.12. The van der Waals surface area contributed by atoms with Gasteiger partial charge in [-0.2, -0.15) is 0 Å². The molecule has 0 aliphatic heterocycles. The lowest BCUT2D eigenvalue weighted by atomic mass is 10.2. The van der Waals surface area contributed by atoms with Gasteiger partial charge in [-0.15, -0.1) is 0 Å². The fourth-order valence-corrected chi connectivity index (χ4v) is 2.43. The van der Waals surface area contributed by atoms with Crippen LogP contribution in [0, 0.1) is 6.92 Å². The van der Waals surface area contributed by atoms with E-state index in [0.29, 0.717) is 11.7 Å². The first-order valence-corrected chi connectivity index (χ1v) is 6.80. The van der Waals surface area contributed by atoms with Gasteiger partial charge in [0.1, 0.15) is 23.8 Å². The lowest BCUT2D eigenvalue weighted by Crippen LogP contribution is -2.08. The number of nitrogens with zero attached hydrogens (tertiary/aromatic N) is 4. The Labute approximate surface area is 116 Å². The molecule has 0 radical (unpaired) electrons. The first-order chi connectivity index (χ1) is 9.74. The van der Waals surface area contributed by atoms with E-state index in [0.717, 1.165) is 41.1 Å². The molecule has 5 nitrogen and oxygen atoms in total. The van der Waals surface area contributed by atoms with E-state index in [4.69, 9.17) is 10.7 Å². The van der Waals surface area contributed by atoms with E-state index < -0.39 is 0 Å². The molecule has 0 atom stereocenters. The Bertz CT molecular complexity index is 801. The van der Waals surface area contributed by atoms with Crippen LogP contribution in [0.25, 0.3) is 16.9 Å². The van der Waals surface area contributed by atoms with E-state index in [-0.39, 0.29) is 0 Å². The van der Waals surface area contributed by atoms with Gasteiger partial charge >= 0.3 is 0 Å². The summed E-state index contributed by atoms with van der Waals surface area (Å²) in [5, 5.41) is 0. The van der Waals surface area contributed by atoms with Crippen molar-refractivity contribution >= 4 is 16.9 Å². The average Bonchev–Trinajstić information content (AvgIpc) is 3.22. The summed E-state index contributed by atoms with van der Waals surface area (Å²) in [5.74, 6) is 2.75. The van der Waals surface area contributed by atoms with Crippen molar-refractivity contribution in [2.45, 2.75) is 25.7 Å². The van der Waals surface area contributed by atoms with Gasteiger partial charge in [0.2, 0.25) is 0 Å². The van der Waals surface area contributed by atoms with Crippen molar-refractivity contribution < 1.29 is 0 Å². The molecule has 100 valence electrons. The smallest absolute Gasteiger partial charge is 0.147 e. The quantitative estimate of drug-likeness (QED) is 0.773. The van der Waals surface area contributed by atoms with Crippen molar-refractivity contribution in [2.24, 2.45) is 0 Å². The maximum atomic E-state index is 6.05. The number of fused-ring (bicyclic) bond motifs is 1.